The largest absolute Gasteiger partial charge is 0.496 e. The van der Waals surface area contributed by atoms with Gasteiger partial charge in [-0.05, 0) is 25.8 Å². The number of hydrogen-bond donors (Lipinski definition) is 1. The van der Waals surface area contributed by atoms with E-state index in [9.17, 15) is 5.11 Å². The zero-order valence-corrected chi connectivity index (χ0v) is 9.86. The second-order valence-corrected chi connectivity index (χ2v) is 4.03. The van der Waals surface area contributed by atoms with Gasteiger partial charge in [-0.2, -0.15) is 0 Å². The number of terminal acetylenes is 1. The van der Waals surface area contributed by atoms with Gasteiger partial charge in [0.15, 0.2) is 0 Å². The Morgan fingerprint density at radius 1 is 1.44 bits per heavy atom. The molecule has 0 aliphatic rings. The van der Waals surface area contributed by atoms with Crippen LogP contribution < -0.4 is 4.74 Å². The molecule has 0 fully saturated rings. The lowest BCUT2D eigenvalue weighted by molar-refractivity contribution is 0.0435. The molecule has 1 unspecified atom stereocenters. The molecule has 0 heterocycles. The Morgan fingerprint density at radius 3 is 2.75 bits per heavy atom. The fraction of sp³-hybridized carbons (Fsp3) is 0.429. The van der Waals surface area contributed by atoms with Crippen LogP contribution in [0.15, 0.2) is 24.3 Å². The van der Waals surface area contributed by atoms with Crippen LogP contribution in [0.2, 0.25) is 0 Å². The maximum Gasteiger partial charge on any atom is 0.124 e. The summed E-state index contributed by atoms with van der Waals surface area (Å²) in [7, 11) is 1.61. The van der Waals surface area contributed by atoms with Gasteiger partial charge in [-0.15, -0.1) is 12.3 Å². The molecule has 0 spiro atoms. The van der Waals surface area contributed by atoms with E-state index in [1.807, 2.05) is 24.3 Å². The number of ether oxygens (including phenoxy) is 1. The molecule has 0 amide bonds. The predicted molar refractivity (Wildman–Crippen MR) is 65.2 cm³/mol. The summed E-state index contributed by atoms with van der Waals surface area (Å²) in [6.07, 6.45) is 7.33. The minimum absolute atomic E-state index is 0.636. The lowest BCUT2D eigenvalue weighted by atomic mass is 9.90. The summed E-state index contributed by atoms with van der Waals surface area (Å²) in [4.78, 5) is 0. The molecule has 0 aliphatic carbocycles. The maximum absolute atomic E-state index is 10.4. The minimum Gasteiger partial charge on any atom is -0.496 e. The second-order valence-electron chi connectivity index (χ2n) is 4.03. The maximum atomic E-state index is 10.4. The molecule has 1 aromatic carbocycles. The zero-order chi connectivity index (χ0) is 12.0. The monoisotopic (exact) mass is 218 g/mol. The molecule has 0 bridgehead atoms. The van der Waals surface area contributed by atoms with Crippen molar-refractivity contribution in [3.8, 4) is 18.1 Å². The molecule has 2 heteroatoms. The molecule has 16 heavy (non-hydrogen) atoms. The average molecular weight is 218 g/mol. The molecule has 86 valence electrons. The van der Waals surface area contributed by atoms with Crippen molar-refractivity contribution < 1.29 is 9.84 Å². The number of benzene rings is 1. The first-order valence-electron chi connectivity index (χ1n) is 5.41. The number of methoxy groups -OCH3 is 1. The van der Waals surface area contributed by atoms with Crippen LogP contribution in [0.4, 0.5) is 0 Å². The Morgan fingerprint density at radius 2 is 2.12 bits per heavy atom. The number of aliphatic hydroxyl groups is 1. The van der Waals surface area contributed by atoms with Gasteiger partial charge in [0, 0.05) is 12.0 Å². The quantitative estimate of drug-likeness (QED) is 0.608. The van der Waals surface area contributed by atoms with Gasteiger partial charge in [-0.1, -0.05) is 18.2 Å². The Hall–Kier alpha value is -1.46. The van der Waals surface area contributed by atoms with Crippen LogP contribution in [0.3, 0.4) is 0 Å². The summed E-state index contributed by atoms with van der Waals surface area (Å²) < 4.78 is 5.24. The van der Waals surface area contributed by atoms with E-state index < -0.39 is 5.60 Å². The van der Waals surface area contributed by atoms with Gasteiger partial charge in [-0.3, -0.25) is 0 Å². The van der Waals surface area contributed by atoms with E-state index in [-0.39, 0.29) is 0 Å². The third kappa shape index (κ3) is 3.01. The molecule has 0 aliphatic heterocycles. The van der Waals surface area contributed by atoms with Crippen molar-refractivity contribution in [1.82, 2.24) is 0 Å². The predicted octanol–water partition coefficient (Wildman–Crippen LogP) is 2.71. The van der Waals surface area contributed by atoms with Crippen LogP contribution in [0.5, 0.6) is 5.75 Å². The van der Waals surface area contributed by atoms with Crippen molar-refractivity contribution in [3.63, 3.8) is 0 Å². The molecule has 1 rings (SSSR count). The molecule has 1 aromatic rings. The van der Waals surface area contributed by atoms with E-state index in [2.05, 4.69) is 5.92 Å². The van der Waals surface area contributed by atoms with Crippen molar-refractivity contribution in [2.75, 3.05) is 7.11 Å². The first-order valence-corrected chi connectivity index (χ1v) is 5.41. The molecule has 1 N–H and O–H groups in total. The van der Waals surface area contributed by atoms with Crippen molar-refractivity contribution in [2.24, 2.45) is 0 Å². The highest BCUT2D eigenvalue weighted by Gasteiger charge is 2.25. The Labute approximate surface area is 97.3 Å². The van der Waals surface area contributed by atoms with Gasteiger partial charge in [0.1, 0.15) is 5.75 Å². The van der Waals surface area contributed by atoms with Crippen LogP contribution in [0.1, 0.15) is 31.7 Å². The van der Waals surface area contributed by atoms with E-state index in [1.54, 1.807) is 14.0 Å². The normalized spacial score (nSPS) is 13.9. The summed E-state index contributed by atoms with van der Waals surface area (Å²) in [6, 6.07) is 7.52. The van der Waals surface area contributed by atoms with E-state index in [4.69, 9.17) is 11.2 Å². The third-order valence-electron chi connectivity index (χ3n) is 2.67. The summed E-state index contributed by atoms with van der Waals surface area (Å²) in [5, 5.41) is 10.4. The van der Waals surface area contributed by atoms with Crippen LogP contribution in [-0.2, 0) is 5.60 Å². The van der Waals surface area contributed by atoms with Gasteiger partial charge in [0.2, 0.25) is 0 Å². The minimum atomic E-state index is -0.885. The Kier molecular flexibility index (Phi) is 4.39. The molecule has 1 atom stereocenters. The van der Waals surface area contributed by atoms with Crippen molar-refractivity contribution in [2.45, 2.75) is 31.8 Å². The van der Waals surface area contributed by atoms with Gasteiger partial charge in [-0.25, -0.2) is 0 Å². The molecule has 0 saturated heterocycles. The first kappa shape index (κ1) is 12.6. The highest BCUT2D eigenvalue weighted by atomic mass is 16.5. The number of rotatable bonds is 5. The van der Waals surface area contributed by atoms with Gasteiger partial charge >= 0.3 is 0 Å². The van der Waals surface area contributed by atoms with Crippen LogP contribution in [0.25, 0.3) is 0 Å². The molecule has 0 aromatic heterocycles. The molecular weight excluding hydrogens is 200 g/mol. The van der Waals surface area contributed by atoms with Crippen LogP contribution in [0, 0.1) is 12.3 Å². The molecular formula is C14H18O2. The van der Waals surface area contributed by atoms with E-state index >= 15 is 0 Å². The number of hydrogen-bond acceptors (Lipinski definition) is 2. The Balaban J connectivity index is 2.84. The SMILES string of the molecule is C#CCCCC(C)(O)c1ccccc1OC. The summed E-state index contributed by atoms with van der Waals surface area (Å²) in [5.74, 6) is 3.29. The van der Waals surface area contributed by atoms with Crippen molar-refractivity contribution in [1.29, 1.82) is 0 Å². The van der Waals surface area contributed by atoms with Crippen molar-refractivity contribution in [3.05, 3.63) is 29.8 Å². The fourth-order valence-corrected chi connectivity index (χ4v) is 1.76. The fourth-order valence-electron chi connectivity index (χ4n) is 1.76. The number of unbranched alkanes of at least 4 members (excludes halogenated alkanes) is 1. The molecule has 0 radical (unpaired) electrons. The number of para-hydroxylation sites is 1. The van der Waals surface area contributed by atoms with E-state index in [0.29, 0.717) is 18.6 Å². The molecule has 2 nitrogen and oxygen atoms in total. The van der Waals surface area contributed by atoms with Crippen molar-refractivity contribution >= 4 is 0 Å². The topological polar surface area (TPSA) is 29.5 Å². The lowest BCUT2D eigenvalue weighted by Gasteiger charge is -2.25. The molecule has 0 saturated carbocycles. The average Bonchev–Trinajstić information content (AvgIpc) is 2.29. The van der Waals surface area contributed by atoms with Crippen LogP contribution >= 0.6 is 0 Å². The van der Waals surface area contributed by atoms with E-state index in [0.717, 1.165) is 12.0 Å². The summed E-state index contributed by atoms with van der Waals surface area (Å²) >= 11 is 0. The van der Waals surface area contributed by atoms with Gasteiger partial charge in [0.25, 0.3) is 0 Å². The lowest BCUT2D eigenvalue weighted by Crippen LogP contribution is -2.21. The Bertz CT molecular complexity index is 375. The first-order chi connectivity index (χ1) is 7.61. The highest BCUT2D eigenvalue weighted by molar-refractivity contribution is 5.37. The second kappa shape index (κ2) is 5.58. The zero-order valence-electron chi connectivity index (χ0n) is 9.86. The highest BCUT2D eigenvalue weighted by Crippen LogP contribution is 2.33. The van der Waals surface area contributed by atoms with E-state index in [1.165, 1.54) is 0 Å². The smallest absolute Gasteiger partial charge is 0.124 e. The van der Waals surface area contributed by atoms with Crippen LogP contribution in [-0.4, -0.2) is 12.2 Å². The standard InChI is InChI=1S/C14H18O2/c1-4-5-8-11-14(2,15)12-9-6-7-10-13(12)16-3/h1,6-7,9-10,15H,5,8,11H2,2-3H3. The summed E-state index contributed by atoms with van der Waals surface area (Å²) in [6.45, 7) is 1.79. The van der Waals surface area contributed by atoms with Gasteiger partial charge < -0.3 is 9.84 Å². The third-order valence-corrected chi connectivity index (χ3v) is 2.67. The van der Waals surface area contributed by atoms with Gasteiger partial charge in [0.05, 0.1) is 12.7 Å². The summed E-state index contributed by atoms with van der Waals surface area (Å²) in [5.41, 5.74) is -0.0711.